The van der Waals surface area contributed by atoms with Gasteiger partial charge in [0.1, 0.15) is 5.82 Å². The highest BCUT2D eigenvalue weighted by Gasteiger charge is 2.18. The third kappa shape index (κ3) is 5.50. The van der Waals surface area contributed by atoms with Crippen molar-refractivity contribution in [3.8, 4) is 0 Å². The van der Waals surface area contributed by atoms with Gasteiger partial charge < -0.3 is 5.32 Å². The topological polar surface area (TPSA) is 12.0 Å². The normalized spacial score (nSPS) is 12.2. The van der Waals surface area contributed by atoms with Crippen molar-refractivity contribution in [1.82, 2.24) is 5.32 Å². The van der Waals surface area contributed by atoms with E-state index in [4.69, 9.17) is 11.6 Å². The largest absolute Gasteiger partial charge is 0.314 e. The molecule has 1 N–H and O–H groups in total. The van der Waals surface area contributed by atoms with Crippen LogP contribution in [0.4, 0.5) is 4.39 Å². The van der Waals surface area contributed by atoms with Gasteiger partial charge in [0.05, 0.1) is 0 Å². The van der Waals surface area contributed by atoms with Crippen molar-refractivity contribution in [2.75, 3.05) is 6.54 Å². The maximum absolute atomic E-state index is 13.3. The van der Waals surface area contributed by atoms with E-state index in [1.54, 1.807) is 6.92 Å². The fourth-order valence-corrected chi connectivity index (χ4v) is 2.20. The third-order valence-corrected chi connectivity index (χ3v) is 3.74. The second-order valence-electron chi connectivity index (χ2n) is 6.39. The summed E-state index contributed by atoms with van der Waals surface area (Å²) in [6.07, 6.45) is 1.91. The Labute approximate surface area is 121 Å². The summed E-state index contributed by atoms with van der Waals surface area (Å²) in [4.78, 5) is 0. The van der Waals surface area contributed by atoms with Crippen LogP contribution in [0.1, 0.15) is 45.2 Å². The quantitative estimate of drug-likeness (QED) is 0.796. The van der Waals surface area contributed by atoms with E-state index < -0.39 is 0 Å². The van der Waals surface area contributed by atoms with Gasteiger partial charge in [0, 0.05) is 17.6 Å². The highest BCUT2D eigenvalue weighted by molar-refractivity contribution is 6.31. The summed E-state index contributed by atoms with van der Waals surface area (Å²) >= 11 is 6.10. The Morgan fingerprint density at radius 2 is 1.95 bits per heavy atom. The lowest BCUT2D eigenvalue weighted by molar-refractivity contribution is 0.304. The van der Waals surface area contributed by atoms with Crippen molar-refractivity contribution < 1.29 is 4.39 Å². The Hall–Kier alpha value is -0.600. The molecule has 0 radical (unpaired) electrons. The molecule has 19 heavy (non-hydrogen) atoms. The first kappa shape index (κ1) is 16.5. The maximum atomic E-state index is 13.3. The van der Waals surface area contributed by atoms with Gasteiger partial charge in [0.2, 0.25) is 0 Å². The fourth-order valence-electron chi connectivity index (χ4n) is 1.95. The van der Waals surface area contributed by atoms with Gasteiger partial charge in [-0.3, -0.25) is 0 Å². The van der Waals surface area contributed by atoms with Crippen LogP contribution >= 0.6 is 11.6 Å². The summed E-state index contributed by atoms with van der Waals surface area (Å²) in [5.41, 5.74) is 1.91. The van der Waals surface area contributed by atoms with Crippen molar-refractivity contribution in [3.05, 3.63) is 34.1 Å². The first-order chi connectivity index (χ1) is 8.71. The van der Waals surface area contributed by atoms with Crippen LogP contribution in [0.25, 0.3) is 0 Å². The standard InChI is InChI=1S/C16H25ClFN/c1-11(2)19-10-16(4,5)7-6-13-8-12(3)15(18)9-14(13)17/h8-9,11,19H,6-7,10H2,1-5H3. The Bertz CT molecular complexity index is 427. The van der Waals surface area contributed by atoms with Crippen LogP contribution in [-0.2, 0) is 6.42 Å². The molecule has 0 bridgehead atoms. The number of nitrogens with one attached hydrogen (secondary N) is 1. The lowest BCUT2D eigenvalue weighted by Gasteiger charge is -2.26. The first-order valence-electron chi connectivity index (χ1n) is 6.89. The first-order valence-corrected chi connectivity index (χ1v) is 7.27. The van der Waals surface area contributed by atoms with Gasteiger partial charge in [-0.05, 0) is 42.4 Å². The lowest BCUT2D eigenvalue weighted by atomic mass is 9.85. The molecular formula is C16H25ClFN. The van der Waals surface area contributed by atoms with Gasteiger partial charge in [-0.15, -0.1) is 0 Å². The third-order valence-electron chi connectivity index (χ3n) is 3.39. The summed E-state index contributed by atoms with van der Waals surface area (Å²) in [5, 5.41) is 4.00. The SMILES string of the molecule is Cc1cc(CCC(C)(C)CNC(C)C)c(Cl)cc1F. The van der Waals surface area contributed by atoms with Crippen LogP contribution in [-0.4, -0.2) is 12.6 Å². The highest BCUT2D eigenvalue weighted by Crippen LogP contribution is 2.27. The highest BCUT2D eigenvalue weighted by atomic mass is 35.5. The average molecular weight is 286 g/mol. The van der Waals surface area contributed by atoms with E-state index in [0.717, 1.165) is 24.9 Å². The zero-order valence-electron chi connectivity index (χ0n) is 12.6. The molecule has 0 aromatic heterocycles. The van der Waals surface area contributed by atoms with Crippen molar-refractivity contribution in [1.29, 1.82) is 0 Å². The Morgan fingerprint density at radius 1 is 1.32 bits per heavy atom. The van der Waals surface area contributed by atoms with Crippen LogP contribution in [0.3, 0.4) is 0 Å². The molecule has 0 amide bonds. The van der Waals surface area contributed by atoms with Gasteiger partial charge in [0.15, 0.2) is 0 Å². The van der Waals surface area contributed by atoms with Crippen LogP contribution in [0.15, 0.2) is 12.1 Å². The number of hydrogen-bond donors (Lipinski definition) is 1. The summed E-state index contributed by atoms with van der Waals surface area (Å²) in [6.45, 7) is 11.5. The predicted molar refractivity (Wildman–Crippen MR) is 81.4 cm³/mol. The Balaban J connectivity index is 2.63. The van der Waals surface area contributed by atoms with Crippen LogP contribution in [0, 0.1) is 18.2 Å². The van der Waals surface area contributed by atoms with E-state index in [9.17, 15) is 4.39 Å². The van der Waals surface area contributed by atoms with E-state index in [0.29, 0.717) is 16.6 Å². The van der Waals surface area contributed by atoms with Crippen molar-refractivity contribution in [2.45, 2.75) is 53.5 Å². The molecule has 1 aromatic rings. The molecule has 0 aliphatic heterocycles. The molecule has 0 fully saturated rings. The van der Waals surface area contributed by atoms with Crippen molar-refractivity contribution in [2.24, 2.45) is 5.41 Å². The van der Waals surface area contributed by atoms with Gasteiger partial charge in [-0.25, -0.2) is 4.39 Å². The Kier molecular flexibility index (Phi) is 5.82. The summed E-state index contributed by atoms with van der Waals surface area (Å²) in [7, 11) is 0. The molecule has 0 spiro atoms. The van der Waals surface area contributed by atoms with Crippen LogP contribution in [0.5, 0.6) is 0 Å². The number of halogens is 2. The molecule has 1 aromatic carbocycles. The van der Waals surface area contributed by atoms with Crippen molar-refractivity contribution in [3.63, 3.8) is 0 Å². The minimum atomic E-state index is -0.227. The molecule has 3 heteroatoms. The molecule has 1 nitrogen and oxygen atoms in total. The van der Waals surface area contributed by atoms with Gasteiger partial charge in [0.25, 0.3) is 0 Å². The van der Waals surface area contributed by atoms with Crippen molar-refractivity contribution >= 4 is 11.6 Å². The number of aryl methyl sites for hydroxylation is 2. The Morgan fingerprint density at radius 3 is 2.53 bits per heavy atom. The zero-order valence-corrected chi connectivity index (χ0v) is 13.4. The van der Waals surface area contributed by atoms with Crippen LogP contribution in [0.2, 0.25) is 5.02 Å². The van der Waals surface area contributed by atoms with E-state index in [1.807, 2.05) is 6.07 Å². The monoisotopic (exact) mass is 285 g/mol. The average Bonchev–Trinajstić information content (AvgIpc) is 2.30. The summed E-state index contributed by atoms with van der Waals surface area (Å²) in [6, 6.07) is 3.78. The van der Waals surface area contributed by atoms with E-state index in [1.165, 1.54) is 6.07 Å². The predicted octanol–water partition coefficient (Wildman–Crippen LogP) is 4.74. The van der Waals surface area contributed by atoms with Gasteiger partial charge >= 0.3 is 0 Å². The molecule has 0 aliphatic carbocycles. The van der Waals surface area contributed by atoms with Crippen LogP contribution < -0.4 is 5.32 Å². The summed E-state index contributed by atoms with van der Waals surface area (Å²) < 4.78 is 13.3. The smallest absolute Gasteiger partial charge is 0.127 e. The second kappa shape index (κ2) is 6.71. The molecule has 0 unspecified atom stereocenters. The molecular weight excluding hydrogens is 261 g/mol. The van der Waals surface area contributed by atoms with Gasteiger partial charge in [-0.1, -0.05) is 45.4 Å². The van der Waals surface area contributed by atoms with Gasteiger partial charge in [-0.2, -0.15) is 0 Å². The molecule has 108 valence electrons. The molecule has 0 atom stereocenters. The molecule has 0 aliphatic rings. The number of rotatable bonds is 6. The van der Waals surface area contributed by atoms with E-state index in [2.05, 4.69) is 33.0 Å². The van der Waals surface area contributed by atoms with E-state index >= 15 is 0 Å². The minimum absolute atomic E-state index is 0.204. The number of hydrogen-bond acceptors (Lipinski definition) is 1. The zero-order chi connectivity index (χ0) is 14.6. The fraction of sp³-hybridized carbons (Fsp3) is 0.625. The molecule has 0 saturated carbocycles. The molecule has 0 saturated heterocycles. The van der Waals surface area contributed by atoms with E-state index in [-0.39, 0.29) is 11.2 Å². The second-order valence-corrected chi connectivity index (χ2v) is 6.80. The maximum Gasteiger partial charge on any atom is 0.127 e. The molecule has 0 heterocycles. The minimum Gasteiger partial charge on any atom is -0.314 e. The number of benzene rings is 1. The summed E-state index contributed by atoms with van der Waals surface area (Å²) in [5.74, 6) is -0.227. The molecule has 1 rings (SSSR count). The lowest BCUT2D eigenvalue weighted by Crippen LogP contribution is -2.34.